The van der Waals surface area contributed by atoms with Crippen molar-refractivity contribution in [2.24, 2.45) is 0 Å². The monoisotopic (exact) mass is 338 g/mol. The number of hydrogen-bond donors (Lipinski definition) is 1. The zero-order valence-corrected chi connectivity index (χ0v) is 13.6. The van der Waals surface area contributed by atoms with Gasteiger partial charge in [-0.2, -0.15) is 0 Å². The molecule has 7 heteroatoms. The van der Waals surface area contributed by atoms with E-state index in [1.165, 1.54) is 11.3 Å². The van der Waals surface area contributed by atoms with E-state index >= 15 is 0 Å². The van der Waals surface area contributed by atoms with Crippen molar-refractivity contribution >= 4 is 34.5 Å². The maximum absolute atomic E-state index is 12.1. The van der Waals surface area contributed by atoms with Gasteiger partial charge in [-0.3, -0.25) is 4.79 Å². The zero-order chi connectivity index (χ0) is 15.5. The Morgan fingerprint density at radius 2 is 2.09 bits per heavy atom. The second-order valence-electron chi connectivity index (χ2n) is 4.91. The molecular weight excluding hydrogens is 324 g/mol. The molecule has 1 aromatic heterocycles. The average Bonchev–Trinajstić information content (AvgIpc) is 2.74. The quantitative estimate of drug-likeness (QED) is 0.931. The van der Waals surface area contributed by atoms with Crippen LogP contribution in [0.4, 0.5) is 5.69 Å². The van der Waals surface area contributed by atoms with Gasteiger partial charge in [-0.1, -0.05) is 11.6 Å². The molecule has 1 aromatic carbocycles. The van der Waals surface area contributed by atoms with Crippen molar-refractivity contribution in [3.63, 3.8) is 0 Å². The molecule has 1 aliphatic rings. The first kappa shape index (κ1) is 15.1. The van der Waals surface area contributed by atoms with Gasteiger partial charge in [0.05, 0.1) is 41.0 Å². The van der Waals surface area contributed by atoms with Gasteiger partial charge in [-0.25, -0.2) is 4.98 Å². The minimum atomic E-state index is -0.165. The number of amides is 1. The maximum atomic E-state index is 12.1. The largest absolute Gasteiger partial charge is 0.490 e. The molecule has 0 aliphatic carbocycles. The van der Waals surface area contributed by atoms with Crippen LogP contribution >= 0.6 is 22.9 Å². The number of carbonyl (C=O) groups excluding carboxylic acids is 1. The minimum Gasteiger partial charge on any atom is -0.490 e. The van der Waals surface area contributed by atoms with Gasteiger partial charge in [0, 0.05) is 23.9 Å². The van der Waals surface area contributed by atoms with E-state index in [-0.39, 0.29) is 12.3 Å². The number of halogens is 1. The van der Waals surface area contributed by atoms with Crippen LogP contribution in [0.2, 0.25) is 5.02 Å². The van der Waals surface area contributed by atoms with E-state index in [0.29, 0.717) is 35.4 Å². The highest BCUT2D eigenvalue weighted by molar-refractivity contribution is 7.09. The molecular formula is C15H15ClN2O3S. The fourth-order valence-corrected chi connectivity index (χ4v) is 2.94. The van der Waals surface area contributed by atoms with Gasteiger partial charge in [-0.15, -0.1) is 11.3 Å². The molecule has 1 aliphatic heterocycles. The molecule has 0 radical (unpaired) electrons. The number of anilines is 1. The van der Waals surface area contributed by atoms with Gasteiger partial charge in [-0.05, 0) is 6.92 Å². The molecule has 2 heterocycles. The Hall–Kier alpha value is -1.79. The maximum Gasteiger partial charge on any atom is 0.230 e. The Bertz CT molecular complexity index is 702. The summed E-state index contributed by atoms with van der Waals surface area (Å²) in [7, 11) is 0. The lowest BCUT2D eigenvalue weighted by Gasteiger charge is -2.12. The molecule has 2 aromatic rings. The van der Waals surface area contributed by atoms with E-state index in [4.69, 9.17) is 21.1 Å². The van der Waals surface area contributed by atoms with Gasteiger partial charge in [0.25, 0.3) is 0 Å². The van der Waals surface area contributed by atoms with Crippen molar-refractivity contribution in [2.75, 3.05) is 18.5 Å². The standard InChI is InChI=1S/C15H15ClN2O3S/c1-9-17-10(8-22-9)5-15(19)18-12-7-14-13(6-11(12)16)20-3-2-4-21-14/h6-8H,2-5H2,1H3,(H,18,19). The summed E-state index contributed by atoms with van der Waals surface area (Å²) in [5, 5.41) is 6.04. The molecule has 1 N–H and O–H groups in total. The summed E-state index contributed by atoms with van der Waals surface area (Å²) in [6.07, 6.45) is 1.03. The van der Waals surface area contributed by atoms with Gasteiger partial charge in [0.2, 0.25) is 5.91 Å². The molecule has 116 valence electrons. The van der Waals surface area contributed by atoms with Crippen molar-refractivity contribution in [1.82, 2.24) is 4.98 Å². The van der Waals surface area contributed by atoms with Crippen LogP contribution < -0.4 is 14.8 Å². The summed E-state index contributed by atoms with van der Waals surface area (Å²) in [4.78, 5) is 16.4. The van der Waals surface area contributed by atoms with Crippen molar-refractivity contribution < 1.29 is 14.3 Å². The van der Waals surface area contributed by atoms with Gasteiger partial charge < -0.3 is 14.8 Å². The van der Waals surface area contributed by atoms with Crippen LogP contribution in [0, 0.1) is 6.92 Å². The number of nitrogens with one attached hydrogen (secondary N) is 1. The number of ether oxygens (including phenoxy) is 2. The third kappa shape index (κ3) is 3.51. The van der Waals surface area contributed by atoms with Gasteiger partial charge in [0.15, 0.2) is 11.5 Å². The third-order valence-corrected chi connectivity index (χ3v) is 4.25. The van der Waals surface area contributed by atoms with E-state index < -0.39 is 0 Å². The van der Waals surface area contributed by atoms with Crippen LogP contribution in [-0.2, 0) is 11.2 Å². The minimum absolute atomic E-state index is 0.165. The molecule has 0 saturated carbocycles. The molecule has 0 spiro atoms. The molecule has 0 bridgehead atoms. The summed E-state index contributed by atoms with van der Waals surface area (Å²) in [6.45, 7) is 3.09. The van der Waals surface area contributed by atoms with Crippen molar-refractivity contribution in [3.05, 3.63) is 33.2 Å². The average molecular weight is 339 g/mol. The smallest absolute Gasteiger partial charge is 0.230 e. The summed E-state index contributed by atoms with van der Waals surface area (Å²) in [5.74, 6) is 1.04. The summed E-state index contributed by atoms with van der Waals surface area (Å²) < 4.78 is 11.2. The molecule has 0 atom stereocenters. The normalized spacial score (nSPS) is 13.5. The number of carbonyl (C=O) groups is 1. The fraction of sp³-hybridized carbons (Fsp3) is 0.333. The summed E-state index contributed by atoms with van der Waals surface area (Å²) in [6, 6.07) is 3.37. The second-order valence-corrected chi connectivity index (χ2v) is 6.38. The Balaban J connectivity index is 1.74. The van der Waals surface area contributed by atoms with E-state index in [1.54, 1.807) is 12.1 Å². The first-order valence-electron chi connectivity index (χ1n) is 6.92. The van der Waals surface area contributed by atoms with Crippen LogP contribution in [-0.4, -0.2) is 24.1 Å². The molecule has 1 amide bonds. The Morgan fingerprint density at radius 3 is 2.77 bits per heavy atom. The summed E-state index contributed by atoms with van der Waals surface area (Å²) in [5.41, 5.74) is 1.27. The Labute approximate surface area is 137 Å². The zero-order valence-electron chi connectivity index (χ0n) is 12.0. The predicted molar refractivity (Wildman–Crippen MR) is 86.2 cm³/mol. The van der Waals surface area contributed by atoms with E-state index in [2.05, 4.69) is 10.3 Å². The molecule has 5 nitrogen and oxygen atoms in total. The molecule has 0 saturated heterocycles. The second kappa shape index (κ2) is 6.54. The lowest BCUT2D eigenvalue weighted by atomic mass is 10.2. The lowest BCUT2D eigenvalue weighted by Crippen LogP contribution is -2.15. The third-order valence-electron chi connectivity index (χ3n) is 3.12. The van der Waals surface area contributed by atoms with Crippen molar-refractivity contribution in [1.29, 1.82) is 0 Å². The number of thiazole rings is 1. The number of aryl methyl sites for hydroxylation is 1. The van der Waals surface area contributed by atoms with Crippen molar-refractivity contribution in [3.8, 4) is 11.5 Å². The number of aromatic nitrogens is 1. The first-order valence-corrected chi connectivity index (χ1v) is 8.17. The molecule has 22 heavy (non-hydrogen) atoms. The van der Waals surface area contributed by atoms with Crippen LogP contribution in [0.5, 0.6) is 11.5 Å². The lowest BCUT2D eigenvalue weighted by molar-refractivity contribution is -0.115. The van der Waals surface area contributed by atoms with Crippen LogP contribution in [0.3, 0.4) is 0 Å². The molecule has 3 rings (SSSR count). The Morgan fingerprint density at radius 1 is 1.36 bits per heavy atom. The van der Waals surface area contributed by atoms with Crippen LogP contribution in [0.25, 0.3) is 0 Å². The highest BCUT2D eigenvalue weighted by Crippen LogP contribution is 2.37. The van der Waals surface area contributed by atoms with E-state index in [1.807, 2.05) is 12.3 Å². The predicted octanol–water partition coefficient (Wildman–Crippen LogP) is 3.45. The number of rotatable bonds is 3. The van der Waals surface area contributed by atoms with Gasteiger partial charge >= 0.3 is 0 Å². The van der Waals surface area contributed by atoms with Crippen LogP contribution in [0.1, 0.15) is 17.1 Å². The summed E-state index contributed by atoms with van der Waals surface area (Å²) >= 11 is 7.72. The highest BCUT2D eigenvalue weighted by atomic mass is 35.5. The molecule has 0 fully saturated rings. The number of nitrogens with zero attached hydrogens (tertiary/aromatic N) is 1. The molecule has 0 unspecified atom stereocenters. The topological polar surface area (TPSA) is 60.5 Å². The first-order chi connectivity index (χ1) is 10.6. The van der Waals surface area contributed by atoms with E-state index in [0.717, 1.165) is 17.1 Å². The number of benzene rings is 1. The van der Waals surface area contributed by atoms with E-state index in [9.17, 15) is 4.79 Å². The SMILES string of the molecule is Cc1nc(CC(=O)Nc2cc3c(cc2Cl)OCCCO3)cs1. The van der Waals surface area contributed by atoms with Crippen molar-refractivity contribution in [2.45, 2.75) is 19.8 Å². The number of hydrogen-bond acceptors (Lipinski definition) is 5. The highest BCUT2D eigenvalue weighted by Gasteiger charge is 2.16. The fourth-order valence-electron chi connectivity index (χ4n) is 2.13. The number of fused-ring (bicyclic) bond motifs is 1. The van der Waals surface area contributed by atoms with Gasteiger partial charge in [0.1, 0.15) is 0 Å². The van der Waals surface area contributed by atoms with Crippen LogP contribution in [0.15, 0.2) is 17.5 Å². The Kier molecular flexibility index (Phi) is 4.49.